The summed E-state index contributed by atoms with van der Waals surface area (Å²) in [4.78, 5) is 21.3. The monoisotopic (exact) mass is 211 g/mol. The van der Waals surface area contributed by atoms with E-state index in [0.29, 0.717) is 0 Å². The highest BCUT2D eigenvalue weighted by Gasteiger charge is 2.51. The van der Waals surface area contributed by atoms with Crippen LogP contribution >= 0.6 is 0 Å². The fourth-order valence-corrected chi connectivity index (χ4v) is 1.43. The van der Waals surface area contributed by atoms with Crippen molar-refractivity contribution in [3.63, 3.8) is 0 Å². The number of carboxylic acids is 1. The molecule has 0 radical (unpaired) electrons. The molecule has 7 heteroatoms. The number of halogens is 3. The molecule has 4 nitrogen and oxygen atoms in total. The first-order valence-electron chi connectivity index (χ1n) is 3.86. The summed E-state index contributed by atoms with van der Waals surface area (Å²) >= 11 is 0. The Morgan fingerprint density at radius 3 is 2.43 bits per heavy atom. The maximum Gasteiger partial charge on any atom is 0.391 e. The van der Waals surface area contributed by atoms with Gasteiger partial charge in [-0.2, -0.15) is 13.2 Å². The van der Waals surface area contributed by atoms with Gasteiger partial charge in [0.2, 0.25) is 5.91 Å². The van der Waals surface area contributed by atoms with Crippen LogP contribution in [0.25, 0.3) is 0 Å². The zero-order valence-electron chi connectivity index (χ0n) is 7.02. The second kappa shape index (κ2) is 3.14. The Bertz CT molecular complexity index is 276. The van der Waals surface area contributed by atoms with E-state index in [2.05, 4.69) is 0 Å². The van der Waals surface area contributed by atoms with Gasteiger partial charge in [0, 0.05) is 6.42 Å². The summed E-state index contributed by atoms with van der Waals surface area (Å²) < 4.78 is 36.1. The number of nitrogens with one attached hydrogen (secondary N) is 1. The van der Waals surface area contributed by atoms with E-state index in [1.807, 2.05) is 5.32 Å². The van der Waals surface area contributed by atoms with E-state index >= 15 is 0 Å². The molecule has 0 aromatic rings. The molecule has 0 bridgehead atoms. The topological polar surface area (TPSA) is 66.4 Å². The van der Waals surface area contributed by atoms with Gasteiger partial charge in [0.1, 0.15) is 5.54 Å². The van der Waals surface area contributed by atoms with Gasteiger partial charge in [-0.25, -0.2) is 4.79 Å². The lowest BCUT2D eigenvalue weighted by molar-refractivity contribution is -0.169. The standard InChI is InChI=1S/C7H8F3NO3/c8-7(9,10)3-6(5(13)14)2-1-4(12)11-6/h1-3H2,(H,11,12)(H,13,14). The second-order valence-corrected chi connectivity index (χ2v) is 3.23. The fraction of sp³-hybridized carbons (Fsp3) is 0.714. The normalized spacial score (nSPS) is 27.5. The van der Waals surface area contributed by atoms with Crippen molar-refractivity contribution >= 4 is 11.9 Å². The van der Waals surface area contributed by atoms with Crippen LogP contribution in [0.4, 0.5) is 13.2 Å². The molecule has 80 valence electrons. The quantitative estimate of drug-likeness (QED) is 0.705. The summed E-state index contributed by atoms with van der Waals surface area (Å²) in [5.74, 6) is -2.29. The number of amides is 1. The van der Waals surface area contributed by atoms with Gasteiger partial charge in [0.15, 0.2) is 0 Å². The van der Waals surface area contributed by atoms with Crippen LogP contribution in [0.3, 0.4) is 0 Å². The van der Waals surface area contributed by atoms with Crippen molar-refractivity contribution in [2.24, 2.45) is 0 Å². The Morgan fingerprint density at radius 2 is 2.14 bits per heavy atom. The van der Waals surface area contributed by atoms with Crippen molar-refractivity contribution in [1.29, 1.82) is 0 Å². The molecule has 1 unspecified atom stereocenters. The Morgan fingerprint density at radius 1 is 1.57 bits per heavy atom. The average Bonchev–Trinajstić information content (AvgIpc) is 2.29. The van der Waals surface area contributed by atoms with E-state index in [1.165, 1.54) is 0 Å². The first kappa shape index (κ1) is 10.8. The van der Waals surface area contributed by atoms with E-state index in [-0.39, 0.29) is 12.8 Å². The molecule has 2 N–H and O–H groups in total. The van der Waals surface area contributed by atoms with Crippen LogP contribution in [0.15, 0.2) is 0 Å². The van der Waals surface area contributed by atoms with Crippen molar-refractivity contribution in [2.45, 2.75) is 31.0 Å². The lowest BCUT2D eigenvalue weighted by atomic mass is 9.93. The molecule has 0 spiro atoms. The van der Waals surface area contributed by atoms with E-state index in [1.54, 1.807) is 0 Å². The van der Waals surface area contributed by atoms with Crippen LogP contribution in [-0.4, -0.2) is 28.7 Å². The predicted molar refractivity (Wildman–Crippen MR) is 38.4 cm³/mol. The second-order valence-electron chi connectivity index (χ2n) is 3.23. The van der Waals surface area contributed by atoms with E-state index in [4.69, 9.17) is 5.11 Å². The minimum absolute atomic E-state index is 0.178. The molecule has 1 atom stereocenters. The first-order chi connectivity index (χ1) is 6.25. The summed E-state index contributed by atoms with van der Waals surface area (Å²) in [6.07, 6.45) is -6.62. The number of alkyl halides is 3. The molecule has 1 aliphatic heterocycles. The Kier molecular flexibility index (Phi) is 2.43. The van der Waals surface area contributed by atoms with Crippen molar-refractivity contribution in [3.05, 3.63) is 0 Å². The molecule has 1 amide bonds. The molecule has 0 aromatic carbocycles. The lowest BCUT2D eigenvalue weighted by Crippen LogP contribution is -2.51. The highest BCUT2D eigenvalue weighted by molar-refractivity contribution is 5.90. The number of hydrogen-bond acceptors (Lipinski definition) is 2. The highest BCUT2D eigenvalue weighted by atomic mass is 19.4. The highest BCUT2D eigenvalue weighted by Crippen LogP contribution is 2.33. The maximum absolute atomic E-state index is 12.0. The molecule has 1 rings (SSSR count). The summed E-state index contributed by atoms with van der Waals surface area (Å²) in [6, 6.07) is 0. The molecule has 14 heavy (non-hydrogen) atoms. The van der Waals surface area contributed by atoms with Crippen LogP contribution < -0.4 is 5.32 Å². The Balaban J connectivity index is 2.84. The van der Waals surface area contributed by atoms with Gasteiger partial charge in [-0.15, -0.1) is 0 Å². The minimum Gasteiger partial charge on any atom is -0.479 e. The van der Waals surface area contributed by atoms with Crippen LogP contribution in [0.2, 0.25) is 0 Å². The zero-order chi connectivity index (χ0) is 11.0. The molecule has 0 saturated carbocycles. The first-order valence-corrected chi connectivity index (χ1v) is 3.86. The SMILES string of the molecule is O=C1CCC(CC(F)(F)F)(C(=O)O)N1. The zero-order valence-corrected chi connectivity index (χ0v) is 7.02. The van der Waals surface area contributed by atoms with Gasteiger partial charge in [-0.3, -0.25) is 4.79 Å². The van der Waals surface area contributed by atoms with Crippen LogP contribution in [0.1, 0.15) is 19.3 Å². The molecule has 1 saturated heterocycles. The third-order valence-corrected chi connectivity index (χ3v) is 2.07. The van der Waals surface area contributed by atoms with E-state index in [0.717, 1.165) is 0 Å². The largest absolute Gasteiger partial charge is 0.479 e. The Labute approximate surface area is 77.1 Å². The summed E-state index contributed by atoms with van der Waals surface area (Å²) in [5, 5.41) is 10.5. The van der Waals surface area contributed by atoms with Gasteiger partial charge >= 0.3 is 12.1 Å². The molecular formula is C7H8F3NO3. The van der Waals surface area contributed by atoms with E-state index in [9.17, 15) is 22.8 Å². The van der Waals surface area contributed by atoms with Gasteiger partial charge < -0.3 is 10.4 Å². The van der Waals surface area contributed by atoms with Crippen molar-refractivity contribution in [2.75, 3.05) is 0 Å². The van der Waals surface area contributed by atoms with Gasteiger partial charge in [0.05, 0.1) is 6.42 Å². The van der Waals surface area contributed by atoms with Crippen LogP contribution in [-0.2, 0) is 9.59 Å². The summed E-state index contributed by atoms with van der Waals surface area (Å²) in [6.45, 7) is 0. The van der Waals surface area contributed by atoms with Crippen molar-refractivity contribution in [3.8, 4) is 0 Å². The number of carbonyl (C=O) groups is 2. The predicted octanol–water partition coefficient (Wildman–Crippen LogP) is 0.672. The molecule has 1 aliphatic rings. The van der Waals surface area contributed by atoms with Gasteiger partial charge in [-0.1, -0.05) is 0 Å². The van der Waals surface area contributed by atoms with Gasteiger partial charge in [0.25, 0.3) is 0 Å². The molecule has 0 aliphatic carbocycles. The number of rotatable bonds is 2. The smallest absolute Gasteiger partial charge is 0.391 e. The number of carboxylic acid groups (broad SMARTS) is 1. The molecular weight excluding hydrogens is 203 g/mol. The number of aliphatic carboxylic acids is 1. The maximum atomic E-state index is 12.0. The van der Waals surface area contributed by atoms with Crippen LogP contribution in [0, 0.1) is 0 Å². The third kappa shape index (κ3) is 2.15. The minimum atomic E-state index is -4.60. The van der Waals surface area contributed by atoms with E-state index < -0.39 is 30.0 Å². The third-order valence-electron chi connectivity index (χ3n) is 2.07. The van der Waals surface area contributed by atoms with Crippen molar-refractivity contribution < 1.29 is 27.9 Å². The average molecular weight is 211 g/mol. The summed E-state index contributed by atoms with van der Waals surface area (Å²) in [7, 11) is 0. The van der Waals surface area contributed by atoms with Crippen LogP contribution in [0.5, 0.6) is 0 Å². The molecule has 0 aromatic heterocycles. The summed E-state index contributed by atoms with van der Waals surface area (Å²) in [5.41, 5.74) is -2.16. The fourth-order valence-electron chi connectivity index (χ4n) is 1.43. The molecule has 1 fully saturated rings. The number of carbonyl (C=O) groups excluding carboxylic acids is 1. The van der Waals surface area contributed by atoms with Gasteiger partial charge in [-0.05, 0) is 6.42 Å². The molecule has 1 heterocycles. The Hall–Kier alpha value is -1.27. The lowest BCUT2D eigenvalue weighted by Gasteiger charge is -2.24. The van der Waals surface area contributed by atoms with Crippen molar-refractivity contribution in [1.82, 2.24) is 5.32 Å². The number of hydrogen-bond donors (Lipinski definition) is 2.